The van der Waals surface area contributed by atoms with E-state index in [0.717, 1.165) is 66.4 Å². The summed E-state index contributed by atoms with van der Waals surface area (Å²) in [4.78, 5) is 36.7. The Morgan fingerprint density at radius 1 is 1.14 bits per heavy atom. The number of benzene rings is 1. The molecule has 0 bridgehead atoms. The maximum atomic E-state index is 13.4. The zero-order valence-corrected chi connectivity index (χ0v) is 25.4. The summed E-state index contributed by atoms with van der Waals surface area (Å²) in [6.07, 6.45) is 19.9. The van der Waals surface area contributed by atoms with Gasteiger partial charge in [0.2, 0.25) is 12.4 Å². The number of anilines is 4. The van der Waals surface area contributed by atoms with Crippen LogP contribution in [-0.4, -0.2) is 40.9 Å². The zero-order chi connectivity index (χ0) is 29.1. The van der Waals surface area contributed by atoms with Crippen LogP contribution in [0.4, 0.5) is 23.1 Å². The molecular formula is C34H47N5O3. The van der Waals surface area contributed by atoms with E-state index in [1.165, 1.54) is 57.8 Å². The molecule has 42 heavy (non-hydrogen) atoms. The molecule has 226 valence electrons. The number of Topliss-reactive ketones (excluding diaryl/α,β-unsaturated/α-hetero) is 1. The normalized spacial score (nSPS) is 21.7. The predicted molar refractivity (Wildman–Crippen MR) is 167 cm³/mol. The van der Waals surface area contributed by atoms with E-state index < -0.39 is 0 Å². The number of ketones is 1. The molecule has 3 fully saturated rings. The molecule has 1 aromatic heterocycles. The fraction of sp³-hybridized carbons (Fsp3) is 0.647. The lowest BCUT2D eigenvalue weighted by Gasteiger charge is -2.36. The number of hydrogen-bond donors (Lipinski definition) is 2. The Hall–Kier alpha value is -3.16. The molecule has 3 saturated carbocycles. The number of rotatable bonds is 12. The molecule has 2 unspecified atom stereocenters. The zero-order valence-electron chi connectivity index (χ0n) is 25.4. The van der Waals surface area contributed by atoms with Gasteiger partial charge >= 0.3 is 0 Å². The maximum absolute atomic E-state index is 13.4. The van der Waals surface area contributed by atoms with Crippen LogP contribution < -0.4 is 20.3 Å². The van der Waals surface area contributed by atoms with Crippen molar-refractivity contribution in [1.82, 2.24) is 9.97 Å². The summed E-state index contributed by atoms with van der Waals surface area (Å²) in [5.74, 6) is 2.90. The lowest BCUT2D eigenvalue weighted by Crippen LogP contribution is -2.41. The van der Waals surface area contributed by atoms with E-state index in [2.05, 4.69) is 34.4 Å². The Morgan fingerprint density at radius 3 is 2.67 bits per heavy atom. The Bertz CT molecular complexity index is 1280. The molecule has 1 amide bonds. The minimum Gasteiger partial charge on any atom is -0.491 e. The van der Waals surface area contributed by atoms with Crippen LogP contribution >= 0.6 is 0 Å². The van der Waals surface area contributed by atoms with E-state index >= 15 is 0 Å². The fourth-order valence-corrected chi connectivity index (χ4v) is 8.02. The Morgan fingerprint density at radius 2 is 1.93 bits per heavy atom. The van der Waals surface area contributed by atoms with Crippen LogP contribution in [0.25, 0.3) is 0 Å². The topological polar surface area (TPSA) is 96.5 Å². The third-order valence-electron chi connectivity index (χ3n) is 10.6. The van der Waals surface area contributed by atoms with Crippen molar-refractivity contribution in [2.45, 2.75) is 122 Å². The number of hydrogen-bond acceptors (Lipinski definition) is 7. The van der Waals surface area contributed by atoms with E-state index in [0.29, 0.717) is 42.5 Å². The van der Waals surface area contributed by atoms with E-state index in [1.54, 1.807) is 6.20 Å². The number of carbonyl (C=O) groups excluding carboxylic acids is 2. The number of ether oxygens (including phenoxy) is 1. The van der Waals surface area contributed by atoms with Gasteiger partial charge < -0.3 is 20.3 Å². The molecule has 0 saturated heterocycles. The molecule has 8 heteroatoms. The van der Waals surface area contributed by atoms with Gasteiger partial charge in [0.15, 0.2) is 11.6 Å². The average Bonchev–Trinajstić information content (AvgIpc) is 3.28. The van der Waals surface area contributed by atoms with Gasteiger partial charge in [-0.3, -0.25) is 9.59 Å². The van der Waals surface area contributed by atoms with Crippen LogP contribution in [-0.2, 0) is 11.2 Å². The molecule has 1 aromatic carbocycles. The van der Waals surface area contributed by atoms with Gasteiger partial charge in [-0.1, -0.05) is 45.4 Å². The van der Waals surface area contributed by atoms with Crippen molar-refractivity contribution in [2.75, 3.05) is 22.1 Å². The summed E-state index contributed by atoms with van der Waals surface area (Å²) in [6, 6.07) is 4.56. The second kappa shape index (κ2) is 12.6. The standard InChI is InChI=1S/C34H47N5O3/c1-3-23(2)39(25-10-6-7-11-25)32-29(36-22-40)21-35-33(38-32)37-28-14-13-26(27-16-19-42-31(27)28)30(41)15-12-24-20-34(24)17-8-4-5-9-18-34/h13-14,21-25H,3-12,15-20H2,1-2H3,(H,36,40)(H,35,37,38). The van der Waals surface area contributed by atoms with Crippen LogP contribution in [0.2, 0.25) is 0 Å². The van der Waals surface area contributed by atoms with Crippen LogP contribution in [0.1, 0.15) is 120 Å². The molecule has 4 aliphatic rings. The van der Waals surface area contributed by atoms with Gasteiger partial charge in [-0.05, 0) is 75.3 Å². The fourth-order valence-electron chi connectivity index (χ4n) is 8.02. The van der Waals surface area contributed by atoms with Gasteiger partial charge in [-0.15, -0.1) is 0 Å². The van der Waals surface area contributed by atoms with Crippen molar-refractivity contribution in [1.29, 1.82) is 0 Å². The first-order valence-electron chi connectivity index (χ1n) is 16.5. The van der Waals surface area contributed by atoms with Crippen molar-refractivity contribution >= 4 is 35.3 Å². The molecule has 2 aromatic rings. The minimum absolute atomic E-state index is 0.238. The van der Waals surface area contributed by atoms with Gasteiger partial charge in [-0.2, -0.15) is 4.98 Å². The van der Waals surface area contributed by atoms with Crippen molar-refractivity contribution in [3.8, 4) is 5.75 Å². The third kappa shape index (κ3) is 5.86. The molecule has 3 aliphatic carbocycles. The van der Waals surface area contributed by atoms with Crippen LogP contribution in [0.5, 0.6) is 5.75 Å². The quantitative estimate of drug-likeness (QED) is 0.199. The second-order valence-electron chi connectivity index (χ2n) is 13.1. The van der Waals surface area contributed by atoms with Gasteiger partial charge in [-0.25, -0.2) is 4.98 Å². The molecule has 2 heterocycles. The Balaban J connectivity index is 1.20. The summed E-state index contributed by atoms with van der Waals surface area (Å²) in [7, 11) is 0. The van der Waals surface area contributed by atoms with E-state index in [9.17, 15) is 9.59 Å². The Kier molecular flexibility index (Phi) is 8.68. The molecule has 0 radical (unpaired) electrons. The Labute approximate surface area is 250 Å². The average molecular weight is 574 g/mol. The van der Waals surface area contributed by atoms with Crippen LogP contribution in [0.3, 0.4) is 0 Å². The number of fused-ring (bicyclic) bond motifs is 1. The van der Waals surface area contributed by atoms with Crippen molar-refractivity contribution in [3.63, 3.8) is 0 Å². The molecule has 2 N–H and O–H groups in total. The van der Waals surface area contributed by atoms with Gasteiger partial charge in [0, 0.05) is 36.1 Å². The summed E-state index contributed by atoms with van der Waals surface area (Å²) in [5.41, 5.74) is 3.74. The van der Waals surface area contributed by atoms with Crippen molar-refractivity contribution < 1.29 is 14.3 Å². The first-order chi connectivity index (χ1) is 20.5. The predicted octanol–water partition coefficient (Wildman–Crippen LogP) is 7.59. The lowest BCUT2D eigenvalue weighted by molar-refractivity contribution is -0.105. The maximum Gasteiger partial charge on any atom is 0.229 e. The summed E-state index contributed by atoms with van der Waals surface area (Å²) < 4.78 is 6.07. The van der Waals surface area contributed by atoms with Gasteiger partial charge in [0.25, 0.3) is 0 Å². The first-order valence-corrected chi connectivity index (χ1v) is 16.5. The molecule has 8 nitrogen and oxygen atoms in total. The first kappa shape index (κ1) is 28.9. The summed E-state index contributed by atoms with van der Waals surface area (Å²) >= 11 is 0. The number of aromatic nitrogens is 2. The minimum atomic E-state index is 0.238. The summed E-state index contributed by atoms with van der Waals surface area (Å²) in [6.45, 7) is 4.97. The molecule has 2 atom stereocenters. The highest BCUT2D eigenvalue weighted by Gasteiger charge is 2.52. The van der Waals surface area contributed by atoms with Crippen molar-refractivity contribution in [2.24, 2.45) is 11.3 Å². The largest absolute Gasteiger partial charge is 0.491 e. The van der Waals surface area contributed by atoms with E-state index in [-0.39, 0.29) is 11.8 Å². The number of nitrogens with one attached hydrogen (secondary N) is 2. The second-order valence-corrected chi connectivity index (χ2v) is 13.1. The number of carbonyl (C=O) groups is 2. The highest BCUT2D eigenvalue weighted by Crippen LogP contribution is 2.62. The monoisotopic (exact) mass is 573 g/mol. The molecule has 6 rings (SSSR count). The molecule has 1 aliphatic heterocycles. The van der Waals surface area contributed by atoms with Crippen molar-refractivity contribution in [3.05, 3.63) is 29.5 Å². The van der Waals surface area contributed by atoms with Gasteiger partial charge in [0.05, 0.1) is 18.5 Å². The van der Waals surface area contributed by atoms with Gasteiger partial charge in [0.1, 0.15) is 11.4 Å². The smallest absolute Gasteiger partial charge is 0.229 e. The number of nitrogens with zero attached hydrogens (tertiary/aromatic N) is 3. The highest BCUT2D eigenvalue weighted by atomic mass is 16.5. The summed E-state index contributed by atoms with van der Waals surface area (Å²) in [5, 5.41) is 6.21. The third-order valence-corrected chi connectivity index (χ3v) is 10.6. The van der Waals surface area contributed by atoms with E-state index in [1.807, 2.05) is 12.1 Å². The lowest BCUT2D eigenvalue weighted by atomic mass is 9.91. The van der Waals surface area contributed by atoms with E-state index in [4.69, 9.17) is 9.72 Å². The molecular weight excluding hydrogens is 526 g/mol. The molecule has 1 spiro atoms. The van der Waals surface area contributed by atoms with Crippen LogP contribution in [0.15, 0.2) is 18.3 Å². The number of amides is 1. The SMILES string of the molecule is CCC(C)N(c1nc(Nc2ccc(C(=O)CCC3CC34CCCCCC4)c3c2OCC3)ncc1NC=O)C1CCCC1. The highest BCUT2D eigenvalue weighted by molar-refractivity contribution is 5.99. The van der Waals surface area contributed by atoms with Crippen LogP contribution in [0, 0.1) is 11.3 Å².